The second-order valence-corrected chi connectivity index (χ2v) is 9.18. The summed E-state index contributed by atoms with van der Waals surface area (Å²) in [5.74, 6) is 0.137. The number of hydrogen-bond donors (Lipinski definition) is 1. The summed E-state index contributed by atoms with van der Waals surface area (Å²) in [6.45, 7) is 5.60. The van der Waals surface area contributed by atoms with Gasteiger partial charge in [-0.05, 0) is 61.6 Å². The number of carbonyl (C=O) groups excluding carboxylic acids is 1. The molecule has 1 N–H and O–H groups in total. The van der Waals surface area contributed by atoms with Crippen molar-refractivity contribution < 1.29 is 4.79 Å². The average Bonchev–Trinajstić information content (AvgIpc) is 2.89. The van der Waals surface area contributed by atoms with Crippen LogP contribution in [0.3, 0.4) is 0 Å². The minimum atomic E-state index is -0.225. The highest BCUT2D eigenvalue weighted by atomic mass is 16.2. The number of benzene rings is 2. The highest BCUT2D eigenvalue weighted by Crippen LogP contribution is 2.24. The maximum Gasteiger partial charge on any atom is 0.295 e. The van der Waals surface area contributed by atoms with E-state index in [-0.39, 0.29) is 17.4 Å². The summed E-state index contributed by atoms with van der Waals surface area (Å²) in [5.41, 5.74) is 5.11. The van der Waals surface area contributed by atoms with Gasteiger partial charge in [0.05, 0.1) is 12.5 Å². The van der Waals surface area contributed by atoms with E-state index in [2.05, 4.69) is 10.3 Å². The Bertz CT molecular complexity index is 1430. The summed E-state index contributed by atoms with van der Waals surface area (Å²) in [6, 6.07) is 19.5. The summed E-state index contributed by atoms with van der Waals surface area (Å²) >= 11 is 0. The number of aryl methyl sites for hydroxylation is 1. The van der Waals surface area contributed by atoms with Crippen molar-refractivity contribution in [1.82, 2.24) is 14.5 Å². The standard InChI is InChI=1S/C28H29N5O2/c1-19-9-6-13-23(20(19)2)31-27(34)22-12-8-16-32(18-22)26-28(35)33(17-21-10-4-3-5-11-21)25-24(30-26)14-7-15-29-25/h3-7,9-11,13-15,22H,8,12,16-18H2,1-2H3,(H,31,34)/t22-/m0/s1. The number of nitrogens with zero attached hydrogens (tertiary/aromatic N) is 4. The lowest BCUT2D eigenvalue weighted by molar-refractivity contribution is -0.120. The summed E-state index contributed by atoms with van der Waals surface area (Å²) in [7, 11) is 0. The summed E-state index contributed by atoms with van der Waals surface area (Å²) in [4.78, 5) is 37.9. The van der Waals surface area contributed by atoms with Crippen molar-refractivity contribution in [3.8, 4) is 0 Å². The van der Waals surface area contributed by atoms with Crippen LogP contribution < -0.4 is 15.8 Å². The molecule has 1 atom stereocenters. The number of aromatic nitrogens is 3. The van der Waals surface area contributed by atoms with Crippen LogP contribution in [0, 0.1) is 19.8 Å². The zero-order valence-electron chi connectivity index (χ0n) is 20.1. The molecule has 0 saturated carbocycles. The van der Waals surface area contributed by atoms with Crippen LogP contribution in [-0.4, -0.2) is 33.5 Å². The van der Waals surface area contributed by atoms with E-state index in [0.29, 0.717) is 36.6 Å². The van der Waals surface area contributed by atoms with Gasteiger partial charge in [0, 0.05) is 25.0 Å². The molecule has 2 aromatic carbocycles. The molecule has 7 nitrogen and oxygen atoms in total. The number of carbonyl (C=O) groups is 1. The lowest BCUT2D eigenvalue weighted by Gasteiger charge is -2.33. The Balaban J connectivity index is 1.45. The van der Waals surface area contributed by atoms with Crippen LogP contribution in [0.1, 0.15) is 29.5 Å². The Labute approximate surface area is 204 Å². The third kappa shape index (κ3) is 4.67. The van der Waals surface area contributed by atoms with Gasteiger partial charge in [0.1, 0.15) is 5.52 Å². The number of nitrogens with one attached hydrogen (secondary N) is 1. The normalized spacial score (nSPS) is 15.8. The predicted octanol–water partition coefficient (Wildman–Crippen LogP) is 4.31. The topological polar surface area (TPSA) is 80.1 Å². The number of amides is 1. The summed E-state index contributed by atoms with van der Waals surface area (Å²) in [6.07, 6.45) is 3.27. The number of hydrogen-bond acceptors (Lipinski definition) is 5. The van der Waals surface area contributed by atoms with E-state index in [4.69, 9.17) is 4.98 Å². The zero-order chi connectivity index (χ0) is 24.4. The first-order chi connectivity index (χ1) is 17.0. The van der Waals surface area contributed by atoms with Crippen LogP contribution in [0.4, 0.5) is 11.5 Å². The third-order valence-electron chi connectivity index (χ3n) is 6.82. The van der Waals surface area contributed by atoms with E-state index in [0.717, 1.165) is 35.2 Å². The SMILES string of the molecule is Cc1cccc(NC(=O)[C@H]2CCCN(c3nc4cccnc4n(Cc4ccccc4)c3=O)C2)c1C. The fourth-order valence-electron chi connectivity index (χ4n) is 4.69. The average molecular weight is 468 g/mol. The van der Waals surface area contributed by atoms with Gasteiger partial charge in [-0.3, -0.25) is 14.2 Å². The van der Waals surface area contributed by atoms with E-state index in [9.17, 15) is 9.59 Å². The van der Waals surface area contributed by atoms with E-state index in [1.807, 2.05) is 79.4 Å². The van der Waals surface area contributed by atoms with Crippen molar-refractivity contribution in [3.05, 3.63) is 93.9 Å². The first-order valence-electron chi connectivity index (χ1n) is 12.0. The Morgan fingerprint density at radius 3 is 2.71 bits per heavy atom. The largest absolute Gasteiger partial charge is 0.351 e. The smallest absolute Gasteiger partial charge is 0.295 e. The van der Waals surface area contributed by atoms with Crippen molar-refractivity contribution in [2.45, 2.75) is 33.2 Å². The number of fused-ring (bicyclic) bond motifs is 1. The molecule has 0 radical (unpaired) electrons. The van der Waals surface area contributed by atoms with Crippen molar-refractivity contribution in [1.29, 1.82) is 0 Å². The Morgan fingerprint density at radius 1 is 1.06 bits per heavy atom. The molecule has 0 spiro atoms. The molecule has 4 aromatic rings. The van der Waals surface area contributed by atoms with Gasteiger partial charge in [-0.15, -0.1) is 0 Å². The number of rotatable bonds is 5. The van der Waals surface area contributed by atoms with Gasteiger partial charge in [0.25, 0.3) is 5.56 Å². The fourth-order valence-corrected chi connectivity index (χ4v) is 4.69. The van der Waals surface area contributed by atoms with Gasteiger partial charge in [-0.1, -0.05) is 42.5 Å². The summed E-state index contributed by atoms with van der Waals surface area (Å²) in [5, 5.41) is 3.10. The highest BCUT2D eigenvalue weighted by molar-refractivity contribution is 5.94. The van der Waals surface area contributed by atoms with E-state index in [1.54, 1.807) is 10.8 Å². The molecule has 3 heterocycles. The van der Waals surface area contributed by atoms with E-state index < -0.39 is 0 Å². The van der Waals surface area contributed by atoms with Crippen LogP contribution >= 0.6 is 0 Å². The first-order valence-corrected chi connectivity index (χ1v) is 12.0. The quantitative estimate of drug-likeness (QED) is 0.473. The Kier molecular flexibility index (Phi) is 6.31. The molecule has 35 heavy (non-hydrogen) atoms. The number of pyridine rings is 1. The third-order valence-corrected chi connectivity index (χ3v) is 6.82. The van der Waals surface area contributed by atoms with Crippen molar-refractivity contribution in [3.63, 3.8) is 0 Å². The minimum Gasteiger partial charge on any atom is -0.351 e. The molecule has 1 aliphatic rings. The summed E-state index contributed by atoms with van der Waals surface area (Å²) < 4.78 is 1.69. The first kappa shape index (κ1) is 22.8. The van der Waals surface area contributed by atoms with E-state index in [1.165, 1.54) is 0 Å². The molecule has 1 saturated heterocycles. The van der Waals surface area contributed by atoms with Crippen LogP contribution in [0.5, 0.6) is 0 Å². The van der Waals surface area contributed by atoms with Crippen molar-refractivity contribution in [2.75, 3.05) is 23.3 Å². The molecule has 2 aromatic heterocycles. The van der Waals surface area contributed by atoms with Crippen molar-refractivity contribution in [2.24, 2.45) is 5.92 Å². The Hall–Kier alpha value is -4.00. The van der Waals surface area contributed by atoms with Gasteiger partial charge < -0.3 is 10.2 Å². The minimum absolute atomic E-state index is 0.0181. The Morgan fingerprint density at radius 2 is 1.89 bits per heavy atom. The van der Waals surface area contributed by atoms with E-state index >= 15 is 0 Å². The maximum atomic E-state index is 13.7. The second-order valence-electron chi connectivity index (χ2n) is 9.18. The molecular weight excluding hydrogens is 438 g/mol. The molecule has 1 aliphatic heterocycles. The molecule has 0 aliphatic carbocycles. The van der Waals surface area contributed by atoms with Gasteiger partial charge >= 0.3 is 0 Å². The zero-order valence-corrected chi connectivity index (χ0v) is 20.1. The van der Waals surface area contributed by atoms with Gasteiger partial charge in [-0.25, -0.2) is 9.97 Å². The molecule has 0 bridgehead atoms. The van der Waals surface area contributed by atoms with Crippen LogP contribution in [0.15, 0.2) is 71.7 Å². The molecule has 1 amide bonds. The number of piperidine rings is 1. The molecule has 5 rings (SSSR count). The van der Waals surface area contributed by atoms with Crippen molar-refractivity contribution >= 4 is 28.6 Å². The van der Waals surface area contributed by atoms with Crippen LogP contribution in [0.25, 0.3) is 11.2 Å². The predicted molar refractivity (Wildman–Crippen MR) is 139 cm³/mol. The maximum absolute atomic E-state index is 13.7. The lowest BCUT2D eigenvalue weighted by Crippen LogP contribution is -2.44. The molecule has 178 valence electrons. The fraction of sp³-hybridized carbons (Fsp3) is 0.286. The number of anilines is 2. The molecule has 7 heteroatoms. The molecule has 1 fully saturated rings. The van der Waals surface area contributed by atoms with Gasteiger partial charge in [0.15, 0.2) is 11.5 Å². The van der Waals surface area contributed by atoms with Crippen LogP contribution in [0.2, 0.25) is 0 Å². The van der Waals surface area contributed by atoms with Gasteiger partial charge in [0.2, 0.25) is 5.91 Å². The van der Waals surface area contributed by atoms with Gasteiger partial charge in [-0.2, -0.15) is 0 Å². The lowest BCUT2D eigenvalue weighted by atomic mass is 9.96. The highest BCUT2D eigenvalue weighted by Gasteiger charge is 2.29. The second kappa shape index (κ2) is 9.70. The van der Waals surface area contributed by atoms with Crippen LogP contribution in [-0.2, 0) is 11.3 Å². The molecular formula is C28H29N5O2. The molecule has 0 unspecified atom stereocenters. The monoisotopic (exact) mass is 467 g/mol.